The van der Waals surface area contributed by atoms with Crippen LogP contribution < -0.4 is 10.4 Å². The fraction of sp³-hybridized carbons (Fsp3) is 0.0455. The lowest BCUT2D eigenvalue weighted by Gasteiger charge is -2.06. The predicted molar refractivity (Wildman–Crippen MR) is 112 cm³/mol. The molecule has 2 aromatic carbocycles. The van der Waals surface area contributed by atoms with Gasteiger partial charge in [0.15, 0.2) is 5.78 Å². The highest BCUT2D eigenvalue weighted by Crippen LogP contribution is 2.26. The van der Waals surface area contributed by atoms with E-state index in [9.17, 15) is 9.59 Å². The van der Waals surface area contributed by atoms with Gasteiger partial charge >= 0.3 is 5.63 Å². The van der Waals surface area contributed by atoms with Crippen molar-refractivity contribution in [3.63, 3.8) is 0 Å². The highest BCUT2D eigenvalue weighted by molar-refractivity contribution is 9.10. The van der Waals surface area contributed by atoms with Crippen molar-refractivity contribution < 1.29 is 13.9 Å². The Labute approximate surface area is 168 Å². The number of carbonyl (C=O) groups is 1. The Morgan fingerprint density at radius 1 is 1.11 bits per heavy atom. The van der Waals surface area contributed by atoms with Crippen LogP contribution in [0.3, 0.4) is 0 Å². The number of para-hydroxylation sites is 1. The fourth-order valence-electron chi connectivity index (χ4n) is 2.92. The first-order valence-corrected chi connectivity index (χ1v) is 9.24. The molecule has 0 atom stereocenters. The number of allylic oxidation sites excluding steroid dienone is 1. The molecule has 4 rings (SSSR count). The van der Waals surface area contributed by atoms with Crippen LogP contribution in [0.2, 0.25) is 0 Å². The molecular weight excluding hydrogens is 422 g/mol. The molecule has 0 saturated heterocycles. The molecule has 5 nitrogen and oxygen atoms in total. The van der Waals surface area contributed by atoms with Gasteiger partial charge in [-0.25, -0.2) is 9.78 Å². The summed E-state index contributed by atoms with van der Waals surface area (Å²) in [6.45, 7) is 0. The van der Waals surface area contributed by atoms with Crippen molar-refractivity contribution in [3.05, 3.63) is 86.7 Å². The summed E-state index contributed by atoms with van der Waals surface area (Å²) in [5, 5.41) is 1.58. The SMILES string of the molecule is COc1nc2ccc(Br)cc2cc1/C=C/C(=O)c1cc2ccccc2oc1=O. The van der Waals surface area contributed by atoms with Gasteiger partial charge in [-0.15, -0.1) is 0 Å². The maximum atomic E-state index is 12.6. The minimum atomic E-state index is -0.666. The predicted octanol–water partition coefficient (Wildman–Crippen LogP) is 5.01. The van der Waals surface area contributed by atoms with Crippen LogP contribution in [-0.2, 0) is 0 Å². The number of hydrogen-bond donors (Lipinski definition) is 0. The van der Waals surface area contributed by atoms with E-state index < -0.39 is 11.4 Å². The first kappa shape index (κ1) is 18.1. The normalized spacial score (nSPS) is 11.4. The smallest absolute Gasteiger partial charge is 0.347 e. The standard InChI is InChI=1S/C22H14BrNO4/c1-27-21-14(10-15-11-16(23)7-8-18(15)24-21)6-9-19(25)17-12-13-4-2-3-5-20(13)28-22(17)26/h2-12H,1H3/b9-6+. The zero-order chi connectivity index (χ0) is 19.7. The fourth-order valence-corrected chi connectivity index (χ4v) is 3.30. The van der Waals surface area contributed by atoms with E-state index in [1.165, 1.54) is 13.2 Å². The van der Waals surface area contributed by atoms with Crippen molar-refractivity contribution in [1.82, 2.24) is 4.98 Å². The largest absolute Gasteiger partial charge is 0.481 e. The minimum Gasteiger partial charge on any atom is -0.481 e. The van der Waals surface area contributed by atoms with Crippen LogP contribution in [0.15, 0.2) is 74.4 Å². The summed E-state index contributed by atoms with van der Waals surface area (Å²) >= 11 is 3.44. The van der Waals surface area contributed by atoms with Crippen LogP contribution >= 0.6 is 15.9 Å². The average molecular weight is 436 g/mol. The summed E-state index contributed by atoms with van der Waals surface area (Å²) in [5.41, 5.74) is 1.16. The van der Waals surface area contributed by atoms with Crippen molar-refractivity contribution in [2.24, 2.45) is 0 Å². The van der Waals surface area contributed by atoms with Crippen LogP contribution in [0, 0.1) is 0 Å². The van der Waals surface area contributed by atoms with E-state index in [4.69, 9.17) is 9.15 Å². The average Bonchev–Trinajstić information content (AvgIpc) is 2.70. The van der Waals surface area contributed by atoms with Crippen LogP contribution in [0.1, 0.15) is 15.9 Å². The third-order valence-corrected chi connectivity index (χ3v) is 4.78. The highest BCUT2D eigenvalue weighted by Gasteiger charge is 2.12. The van der Waals surface area contributed by atoms with E-state index in [1.54, 1.807) is 30.3 Å². The van der Waals surface area contributed by atoms with E-state index >= 15 is 0 Å². The molecule has 138 valence electrons. The Morgan fingerprint density at radius 2 is 1.93 bits per heavy atom. The Hall–Kier alpha value is -3.25. The number of fused-ring (bicyclic) bond motifs is 2. The van der Waals surface area contributed by atoms with Crippen LogP contribution in [0.25, 0.3) is 27.9 Å². The maximum Gasteiger partial charge on any atom is 0.347 e. The molecule has 0 unspecified atom stereocenters. The molecule has 4 aromatic rings. The summed E-state index contributed by atoms with van der Waals surface area (Å²) < 4.78 is 11.5. The highest BCUT2D eigenvalue weighted by atomic mass is 79.9. The second-order valence-electron chi connectivity index (χ2n) is 6.11. The van der Waals surface area contributed by atoms with Crippen molar-refractivity contribution in [2.75, 3.05) is 7.11 Å². The molecule has 2 aromatic heterocycles. The molecule has 6 heteroatoms. The number of carbonyl (C=O) groups excluding carboxylic acids is 1. The van der Waals surface area contributed by atoms with Gasteiger partial charge in [0.25, 0.3) is 0 Å². The van der Waals surface area contributed by atoms with Crippen molar-refractivity contribution in [3.8, 4) is 5.88 Å². The zero-order valence-electron chi connectivity index (χ0n) is 14.8. The van der Waals surface area contributed by atoms with Gasteiger partial charge in [-0.1, -0.05) is 34.1 Å². The summed E-state index contributed by atoms with van der Waals surface area (Å²) in [7, 11) is 1.52. The number of pyridine rings is 1. The van der Waals surface area contributed by atoms with Crippen molar-refractivity contribution in [2.45, 2.75) is 0 Å². The Kier molecular flexibility index (Phi) is 4.79. The van der Waals surface area contributed by atoms with Crippen molar-refractivity contribution >= 4 is 49.7 Å². The molecule has 0 aliphatic rings. The quantitative estimate of drug-likeness (QED) is 0.256. The number of ketones is 1. The number of rotatable bonds is 4. The summed E-state index contributed by atoms with van der Waals surface area (Å²) in [4.78, 5) is 29.2. The van der Waals surface area contributed by atoms with Gasteiger partial charge in [-0.2, -0.15) is 0 Å². The summed E-state index contributed by atoms with van der Waals surface area (Å²) in [6, 6.07) is 16.2. The molecular formula is C22H14BrNO4. The van der Waals surface area contributed by atoms with Gasteiger partial charge in [0, 0.05) is 20.8 Å². The molecule has 0 radical (unpaired) electrons. The summed E-state index contributed by atoms with van der Waals surface area (Å²) in [6.07, 6.45) is 2.91. The van der Waals surface area contributed by atoms with E-state index in [-0.39, 0.29) is 5.56 Å². The topological polar surface area (TPSA) is 69.4 Å². The van der Waals surface area contributed by atoms with Crippen LogP contribution in [0.4, 0.5) is 0 Å². The molecule has 2 heterocycles. The van der Waals surface area contributed by atoms with Gasteiger partial charge in [0.05, 0.1) is 12.6 Å². The van der Waals surface area contributed by atoms with Gasteiger partial charge in [0.1, 0.15) is 11.1 Å². The molecule has 0 fully saturated rings. The Bertz CT molecular complexity index is 1310. The minimum absolute atomic E-state index is 0.0228. The molecule has 0 aliphatic heterocycles. The van der Waals surface area contributed by atoms with Gasteiger partial charge in [-0.3, -0.25) is 4.79 Å². The monoisotopic (exact) mass is 435 g/mol. The molecule has 0 amide bonds. The number of methoxy groups -OCH3 is 1. The molecule has 0 spiro atoms. The third kappa shape index (κ3) is 3.46. The number of aromatic nitrogens is 1. The molecule has 0 saturated carbocycles. The molecule has 0 N–H and O–H groups in total. The third-order valence-electron chi connectivity index (χ3n) is 4.28. The number of benzene rings is 2. The number of nitrogens with zero attached hydrogens (tertiary/aromatic N) is 1. The van der Waals surface area contributed by atoms with Gasteiger partial charge in [0.2, 0.25) is 5.88 Å². The van der Waals surface area contributed by atoms with E-state index in [1.807, 2.05) is 30.3 Å². The van der Waals surface area contributed by atoms with E-state index in [2.05, 4.69) is 20.9 Å². The lowest BCUT2D eigenvalue weighted by Crippen LogP contribution is -2.11. The Morgan fingerprint density at radius 3 is 2.75 bits per heavy atom. The zero-order valence-corrected chi connectivity index (χ0v) is 16.4. The van der Waals surface area contributed by atoms with Gasteiger partial charge in [-0.05, 0) is 48.6 Å². The lowest BCUT2D eigenvalue weighted by molar-refractivity contribution is 0.104. The number of ether oxygens (including phenoxy) is 1. The van der Waals surface area contributed by atoms with E-state index in [0.29, 0.717) is 22.4 Å². The van der Waals surface area contributed by atoms with Crippen LogP contribution in [-0.4, -0.2) is 17.9 Å². The second-order valence-corrected chi connectivity index (χ2v) is 7.02. The second kappa shape index (κ2) is 7.40. The number of halogens is 1. The number of hydrogen-bond acceptors (Lipinski definition) is 5. The first-order valence-electron chi connectivity index (χ1n) is 8.45. The Balaban J connectivity index is 1.73. The van der Waals surface area contributed by atoms with Gasteiger partial charge < -0.3 is 9.15 Å². The maximum absolute atomic E-state index is 12.6. The summed E-state index contributed by atoms with van der Waals surface area (Å²) in [5.74, 6) is -0.0553. The molecule has 0 aliphatic carbocycles. The molecule has 0 bridgehead atoms. The van der Waals surface area contributed by atoms with E-state index in [0.717, 1.165) is 15.4 Å². The first-order chi connectivity index (χ1) is 13.5. The molecule has 28 heavy (non-hydrogen) atoms. The lowest BCUT2D eigenvalue weighted by atomic mass is 10.1. The van der Waals surface area contributed by atoms with Crippen molar-refractivity contribution in [1.29, 1.82) is 0 Å². The van der Waals surface area contributed by atoms with Crippen LogP contribution in [0.5, 0.6) is 5.88 Å².